The Kier molecular flexibility index (Phi) is 4.47. The summed E-state index contributed by atoms with van der Waals surface area (Å²) in [6.45, 7) is 0.306. The maximum Gasteiger partial charge on any atom is 0.334 e. The Morgan fingerprint density at radius 2 is 2.00 bits per heavy atom. The topological polar surface area (TPSA) is 47.6 Å². The first-order chi connectivity index (χ1) is 9.12. The molecule has 104 valence electrons. The van der Waals surface area contributed by atoms with Crippen LogP contribution < -0.4 is 5.32 Å². The minimum absolute atomic E-state index is 0.264. The van der Waals surface area contributed by atoms with Crippen LogP contribution in [0.3, 0.4) is 0 Å². The molecule has 1 fully saturated rings. The predicted octanol–water partition coefficient (Wildman–Crippen LogP) is 2.83. The normalized spacial score (nSPS) is 17.6. The summed E-state index contributed by atoms with van der Waals surface area (Å²) in [5, 5.41) is 3.31. The van der Waals surface area contributed by atoms with Crippen molar-refractivity contribution >= 4 is 27.6 Å². The Balaban J connectivity index is 2.26. The summed E-state index contributed by atoms with van der Waals surface area (Å²) in [5.74, 6) is 0.00307. The lowest BCUT2D eigenvalue weighted by molar-refractivity contribution is -0.149. The van der Waals surface area contributed by atoms with Gasteiger partial charge in [-0.2, -0.15) is 0 Å². The van der Waals surface area contributed by atoms with Crippen LogP contribution in [0.25, 0.3) is 0 Å². The molecule has 0 saturated heterocycles. The van der Waals surface area contributed by atoms with Gasteiger partial charge >= 0.3 is 5.97 Å². The number of hydrogen-bond donors (Lipinski definition) is 1. The number of carbonyl (C=O) groups excluding carboxylic acids is 1. The molecule has 1 aromatic rings. The molecule has 0 radical (unpaired) electrons. The zero-order chi connectivity index (χ0) is 13.9. The number of rotatable bonds is 6. The second-order valence-electron chi connectivity index (χ2n) is 4.80. The van der Waals surface area contributed by atoms with Crippen molar-refractivity contribution in [1.82, 2.24) is 0 Å². The van der Waals surface area contributed by atoms with Gasteiger partial charge in [0.15, 0.2) is 5.54 Å². The lowest BCUT2D eigenvalue weighted by atomic mass is 9.93. The lowest BCUT2D eigenvalue weighted by Gasteiger charge is -2.32. The van der Waals surface area contributed by atoms with Gasteiger partial charge in [-0.05, 0) is 43.0 Å². The molecule has 0 aromatic heterocycles. The fraction of sp³-hybridized carbons (Fsp3) is 0.500. The fourth-order valence-corrected chi connectivity index (χ4v) is 2.57. The van der Waals surface area contributed by atoms with Crippen molar-refractivity contribution in [1.29, 1.82) is 0 Å². The van der Waals surface area contributed by atoms with Crippen molar-refractivity contribution in [2.45, 2.75) is 18.4 Å². The molecule has 19 heavy (non-hydrogen) atoms. The number of hydrogen-bond acceptors (Lipinski definition) is 4. The van der Waals surface area contributed by atoms with Crippen molar-refractivity contribution in [3.05, 3.63) is 28.7 Å². The molecule has 1 saturated carbocycles. The molecule has 1 atom stereocenters. The first-order valence-electron chi connectivity index (χ1n) is 6.23. The van der Waals surface area contributed by atoms with E-state index in [-0.39, 0.29) is 11.9 Å². The monoisotopic (exact) mass is 327 g/mol. The van der Waals surface area contributed by atoms with Crippen LogP contribution in [0.2, 0.25) is 0 Å². The quantitative estimate of drug-likeness (QED) is 0.816. The minimum atomic E-state index is -0.780. The summed E-state index contributed by atoms with van der Waals surface area (Å²) in [5.41, 5.74) is 0.106. The number of esters is 1. The van der Waals surface area contributed by atoms with Crippen molar-refractivity contribution in [2.24, 2.45) is 5.92 Å². The number of nitrogens with one attached hydrogen (secondary N) is 1. The summed E-state index contributed by atoms with van der Waals surface area (Å²) in [6, 6.07) is 7.73. The molecule has 0 heterocycles. The molecule has 2 rings (SSSR count). The van der Waals surface area contributed by atoms with Crippen LogP contribution in [0.5, 0.6) is 0 Å². The van der Waals surface area contributed by atoms with Crippen molar-refractivity contribution < 1.29 is 14.3 Å². The molecule has 0 bridgehead atoms. The summed E-state index contributed by atoms with van der Waals surface area (Å²) in [4.78, 5) is 12.2. The van der Waals surface area contributed by atoms with Crippen LogP contribution in [0.4, 0.5) is 5.69 Å². The summed E-state index contributed by atoms with van der Waals surface area (Å²) in [7, 11) is 3.02. The van der Waals surface area contributed by atoms with E-state index < -0.39 is 5.54 Å². The van der Waals surface area contributed by atoms with E-state index in [1.165, 1.54) is 7.11 Å². The van der Waals surface area contributed by atoms with Crippen LogP contribution in [0.1, 0.15) is 12.8 Å². The SMILES string of the molecule is COCC(Nc1ccc(Br)cc1)(C(=O)OC)C1CC1. The number of ether oxygens (including phenoxy) is 2. The second kappa shape index (κ2) is 5.92. The van der Waals surface area contributed by atoms with Gasteiger partial charge in [0.05, 0.1) is 13.7 Å². The lowest BCUT2D eigenvalue weighted by Crippen LogP contribution is -2.53. The van der Waals surface area contributed by atoms with E-state index in [0.29, 0.717) is 6.61 Å². The Labute approximate surface area is 121 Å². The summed E-state index contributed by atoms with van der Waals surface area (Å²) < 4.78 is 11.2. The average Bonchev–Trinajstić information content (AvgIpc) is 3.24. The molecule has 0 spiro atoms. The van der Waals surface area contributed by atoms with Crippen molar-refractivity contribution in [2.75, 3.05) is 26.1 Å². The van der Waals surface area contributed by atoms with E-state index in [4.69, 9.17) is 9.47 Å². The van der Waals surface area contributed by atoms with E-state index in [0.717, 1.165) is 23.0 Å². The molecule has 1 N–H and O–H groups in total. The van der Waals surface area contributed by atoms with Gasteiger partial charge in [-0.25, -0.2) is 4.79 Å². The first-order valence-corrected chi connectivity index (χ1v) is 7.03. The van der Waals surface area contributed by atoms with Crippen molar-refractivity contribution in [3.8, 4) is 0 Å². The number of halogens is 1. The third kappa shape index (κ3) is 3.09. The molecule has 0 amide bonds. The highest BCUT2D eigenvalue weighted by atomic mass is 79.9. The zero-order valence-electron chi connectivity index (χ0n) is 11.1. The van der Waals surface area contributed by atoms with Gasteiger partial charge in [0.25, 0.3) is 0 Å². The first kappa shape index (κ1) is 14.3. The molecular weight excluding hydrogens is 310 g/mol. The van der Waals surface area contributed by atoms with Gasteiger partial charge in [0.1, 0.15) is 0 Å². The summed E-state index contributed by atoms with van der Waals surface area (Å²) >= 11 is 3.40. The van der Waals surface area contributed by atoms with Gasteiger partial charge in [0.2, 0.25) is 0 Å². The Morgan fingerprint density at radius 1 is 1.37 bits per heavy atom. The van der Waals surface area contributed by atoms with E-state index >= 15 is 0 Å². The Bertz CT molecular complexity index is 445. The number of benzene rings is 1. The highest BCUT2D eigenvalue weighted by Crippen LogP contribution is 2.42. The summed E-state index contributed by atoms with van der Waals surface area (Å²) in [6.07, 6.45) is 2.03. The smallest absolute Gasteiger partial charge is 0.334 e. The molecular formula is C14H18BrNO3. The minimum Gasteiger partial charge on any atom is -0.467 e. The van der Waals surface area contributed by atoms with E-state index in [1.807, 2.05) is 24.3 Å². The van der Waals surface area contributed by atoms with Gasteiger partial charge in [-0.3, -0.25) is 0 Å². The Morgan fingerprint density at radius 3 is 2.47 bits per heavy atom. The van der Waals surface area contributed by atoms with Crippen LogP contribution in [0.15, 0.2) is 28.7 Å². The zero-order valence-corrected chi connectivity index (χ0v) is 12.7. The standard InChI is InChI=1S/C14H18BrNO3/c1-18-9-14(10-3-4-10,13(17)19-2)16-12-7-5-11(15)6-8-12/h5-8,10,16H,3-4,9H2,1-2H3. The van der Waals surface area contributed by atoms with Gasteiger partial charge in [-0.1, -0.05) is 15.9 Å². The number of anilines is 1. The average molecular weight is 328 g/mol. The highest BCUT2D eigenvalue weighted by molar-refractivity contribution is 9.10. The second-order valence-corrected chi connectivity index (χ2v) is 5.72. The van der Waals surface area contributed by atoms with E-state index in [1.54, 1.807) is 7.11 Å². The van der Waals surface area contributed by atoms with Crippen molar-refractivity contribution in [3.63, 3.8) is 0 Å². The van der Waals surface area contributed by atoms with Crippen LogP contribution >= 0.6 is 15.9 Å². The largest absolute Gasteiger partial charge is 0.467 e. The van der Waals surface area contributed by atoms with E-state index in [2.05, 4.69) is 21.2 Å². The molecule has 1 aromatic carbocycles. The maximum absolute atomic E-state index is 12.2. The third-order valence-corrected chi connectivity index (χ3v) is 3.94. The molecule has 4 nitrogen and oxygen atoms in total. The van der Waals surface area contributed by atoms with Crippen LogP contribution in [0, 0.1) is 5.92 Å². The Hall–Kier alpha value is -1.07. The predicted molar refractivity (Wildman–Crippen MR) is 77.1 cm³/mol. The molecule has 0 aliphatic heterocycles. The van der Waals surface area contributed by atoms with Crippen LogP contribution in [-0.4, -0.2) is 32.3 Å². The fourth-order valence-electron chi connectivity index (χ4n) is 2.31. The van der Waals surface area contributed by atoms with Gasteiger partial charge < -0.3 is 14.8 Å². The third-order valence-electron chi connectivity index (χ3n) is 3.41. The van der Waals surface area contributed by atoms with Gasteiger partial charge in [0, 0.05) is 17.3 Å². The van der Waals surface area contributed by atoms with Gasteiger partial charge in [-0.15, -0.1) is 0 Å². The van der Waals surface area contributed by atoms with E-state index in [9.17, 15) is 4.79 Å². The van der Waals surface area contributed by atoms with Crippen LogP contribution in [-0.2, 0) is 14.3 Å². The molecule has 1 aliphatic carbocycles. The number of methoxy groups -OCH3 is 2. The highest BCUT2D eigenvalue weighted by Gasteiger charge is 2.52. The number of carbonyl (C=O) groups is 1. The molecule has 1 aliphatic rings. The molecule has 1 unspecified atom stereocenters. The maximum atomic E-state index is 12.2. The molecule has 5 heteroatoms.